The molecule has 110 valence electrons. The number of aryl methyl sites for hydroxylation is 1. The Morgan fingerprint density at radius 2 is 2.10 bits per heavy atom. The van der Waals surface area contributed by atoms with Gasteiger partial charge in [0.05, 0.1) is 5.75 Å². The molecule has 0 fully saturated rings. The van der Waals surface area contributed by atoms with Crippen LogP contribution in [-0.4, -0.2) is 38.8 Å². The van der Waals surface area contributed by atoms with E-state index in [1.165, 1.54) is 0 Å². The van der Waals surface area contributed by atoms with Gasteiger partial charge in [-0.3, -0.25) is 4.79 Å². The summed E-state index contributed by atoms with van der Waals surface area (Å²) in [6, 6.07) is 5.72. The molecule has 1 aromatic rings. The highest BCUT2D eigenvalue weighted by atomic mass is 32.2. The van der Waals surface area contributed by atoms with Crippen LogP contribution in [-0.2, 0) is 16.3 Å². The summed E-state index contributed by atoms with van der Waals surface area (Å²) in [5.74, 6) is 0.451. The van der Waals surface area contributed by atoms with Gasteiger partial charge in [-0.1, -0.05) is 6.92 Å². The van der Waals surface area contributed by atoms with Crippen molar-refractivity contribution < 1.29 is 13.2 Å². The van der Waals surface area contributed by atoms with E-state index in [0.717, 1.165) is 36.2 Å². The van der Waals surface area contributed by atoms with Gasteiger partial charge < -0.3 is 4.90 Å². The highest BCUT2D eigenvalue weighted by Gasteiger charge is 2.19. The molecule has 0 aromatic heterocycles. The Hall–Kier alpha value is -1.36. The zero-order valence-corrected chi connectivity index (χ0v) is 12.9. The second-order valence-corrected chi connectivity index (χ2v) is 7.70. The van der Waals surface area contributed by atoms with Crippen LogP contribution in [0, 0.1) is 0 Å². The van der Waals surface area contributed by atoms with E-state index in [1.807, 2.05) is 18.2 Å². The molecule has 0 saturated heterocycles. The summed E-state index contributed by atoms with van der Waals surface area (Å²) in [7, 11) is -2.94. The van der Waals surface area contributed by atoms with E-state index in [9.17, 15) is 13.2 Å². The minimum atomic E-state index is -2.94. The molecule has 1 heterocycles. The van der Waals surface area contributed by atoms with Crippen LogP contribution in [0.2, 0.25) is 0 Å². The number of hydrogen-bond acceptors (Lipinski definition) is 4. The Bertz CT molecular complexity index is 608. The maximum absolute atomic E-state index is 11.6. The summed E-state index contributed by atoms with van der Waals surface area (Å²) in [6.45, 7) is 4.66. The first kappa shape index (κ1) is 15.0. The molecule has 1 aliphatic heterocycles. The van der Waals surface area contributed by atoms with Crippen molar-refractivity contribution in [1.82, 2.24) is 0 Å². The minimum Gasteiger partial charge on any atom is -0.370 e. The highest BCUT2D eigenvalue weighted by Crippen LogP contribution is 2.28. The second kappa shape index (κ2) is 5.95. The number of fused-ring (bicyclic) bond motifs is 1. The number of carbonyl (C=O) groups excluding carboxylic acids is 1. The van der Waals surface area contributed by atoms with Crippen LogP contribution in [0.5, 0.6) is 0 Å². The third kappa shape index (κ3) is 3.39. The summed E-state index contributed by atoms with van der Waals surface area (Å²) in [4.78, 5) is 13.5. The van der Waals surface area contributed by atoms with E-state index in [4.69, 9.17) is 0 Å². The van der Waals surface area contributed by atoms with Gasteiger partial charge in [-0.25, -0.2) is 8.42 Å². The van der Waals surface area contributed by atoms with Gasteiger partial charge in [-0.2, -0.15) is 0 Å². The maximum Gasteiger partial charge on any atom is 0.159 e. The zero-order valence-electron chi connectivity index (χ0n) is 12.1. The van der Waals surface area contributed by atoms with Gasteiger partial charge in [0.1, 0.15) is 0 Å². The molecule has 0 saturated carbocycles. The predicted molar refractivity (Wildman–Crippen MR) is 81.3 cm³/mol. The molecule has 0 bridgehead atoms. The third-order valence-electron chi connectivity index (χ3n) is 3.81. The molecule has 0 atom stereocenters. The Balaban J connectivity index is 2.18. The Kier molecular flexibility index (Phi) is 4.48. The number of hydrogen-bond donors (Lipinski definition) is 0. The molecule has 0 radical (unpaired) electrons. The smallest absolute Gasteiger partial charge is 0.159 e. The quantitative estimate of drug-likeness (QED) is 0.780. The molecule has 5 heteroatoms. The van der Waals surface area contributed by atoms with E-state index in [1.54, 1.807) is 13.8 Å². The average Bonchev–Trinajstić information content (AvgIpc) is 2.44. The molecule has 0 aliphatic carbocycles. The van der Waals surface area contributed by atoms with Crippen LogP contribution >= 0.6 is 0 Å². The normalized spacial score (nSPS) is 15.0. The standard InChI is InChI=1S/C15H21NO3S/c1-3-20(18,19)10-9-16-8-4-5-14-11-13(12(2)17)6-7-15(14)16/h6-7,11H,3-5,8-10H2,1-2H3. The van der Waals surface area contributed by atoms with E-state index in [-0.39, 0.29) is 17.3 Å². The third-order valence-corrected chi connectivity index (χ3v) is 5.50. The van der Waals surface area contributed by atoms with Crippen LogP contribution in [0.25, 0.3) is 0 Å². The highest BCUT2D eigenvalue weighted by molar-refractivity contribution is 7.91. The van der Waals surface area contributed by atoms with Gasteiger partial charge in [0.15, 0.2) is 15.6 Å². The van der Waals surface area contributed by atoms with Crippen LogP contribution in [0.4, 0.5) is 5.69 Å². The van der Waals surface area contributed by atoms with E-state index in [0.29, 0.717) is 6.54 Å². The summed E-state index contributed by atoms with van der Waals surface area (Å²) in [6.07, 6.45) is 1.95. The molecule has 1 aromatic carbocycles. The van der Waals surface area contributed by atoms with Crippen molar-refractivity contribution in [3.63, 3.8) is 0 Å². The Morgan fingerprint density at radius 1 is 1.35 bits per heavy atom. The molecular formula is C15H21NO3S. The van der Waals surface area contributed by atoms with Crippen LogP contribution < -0.4 is 4.90 Å². The molecule has 1 aliphatic rings. The monoisotopic (exact) mass is 295 g/mol. The van der Waals surface area contributed by atoms with Gasteiger partial charge >= 0.3 is 0 Å². The lowest BCUT2D eigenvalue weighted by atomic mass is 9.98. The summed E-state index contributed by atoms with van der Waals surface area (Å²) >= 11 is 0. The average molecular weight is 295 g/mol. The van der Waals surface area contributed by atoms with E-state index in [2.05, 4.69) is 4.90 Å². The zero-order chi connectivity index (χ0) is 14.8. The summed E-state index contributed by atoms with van der Waals surface area (Å²) in [5.41, 5.74) is 2.96. The van der Waals surface area contributed by atoms with Crippen molar-refractivity contribution in [3.05, 3.63) is 29.3 Å². The first-order valence-electron chi connectivity index (χ1n) is 7.02. The number of ketones is 1. The number of rotatable bonds is 5. The van der Waals surface area contributed by atoms with Crippen molar-refractivity contribution in [2.75, 3.05) is 29.5 Å². The molecule has 20 heavy (non-hydrogen) atoms. The second-order valence-electron chi connectivity index (χ2n) is 5.23. The fraction of sp³-hybridized carbons (Fsp3) is 0.533. The van der Waals surface area contributed by atoms with Crippen molar-refractivity contribution in [2.24, 2.45) is 0 Å². The van der Waals surface area contributed by atoms with Crippen LogP contribution in [0.1, 0.15) is 36.2 Å². The number of anilines is 1. The lowest BCUT2D eigenvalue weighted by molar-refractivity contribution is 0.101. The SMILES string of the molecule is CCS(=O)(=O)CCN1CCCc2cc(C(C)=O)ccc21. The van der Waals surface area contributed by atoms with E-state index >= 15 is 0 Å². The molecule has 0 spiro atoms. The molecular weight excluding hydrogens is 274 g/mol. The van der Waals surface area contributed by atoms with Gasteiger partial charge in [0.25, 0.3) is 0 Å². The van der Waals surface area contributed by atoms with Gasteiger partial charge in [-0.15, -0.1) is 0 Å². The largest absolute Gasteiger partial charge is 0.370 e. The molecule has 0 unspecified atom stereocenters. The van der Waals surface area contributed by atoms with Crippen molar-refractivity contribution in [2.45, 2.75) is 26.7 Å². The fourth-order valence-corrected chi connectivity index (χ4v) is 3.31. The van der Waals surface area contributed by atoms with Gasteiger partial charge in [-0.05, 0) is 43.5 Å². The van der Waals surface area contributed by atoms with E-state index < -0.39 is 9.84 Å². The number of carbonyl (C=O) groups is 1. The lowest BCUT2D eigenvalue weighted by Gasteiger charge is -2.31. The maximum atomic E-state index is 11.6. The topological polar surface area (TPSA) is 54.5 Å². The number of sulfone groups is 1. The number of nitrogens with zero attached hydrogens (tertiary/aromatic N) is 1. The Labute approximate surface area is 120 Å². The first-order valence-corrected chi connectivity index (χ1v) is 8.84. The Morgan fingerprint density at radius 3 is 2.75 bits per heavy atom. The molecule has 2 rings (SSSR count). The van der Waals surface area contributed by atoms with Crippen molar-refractivity contribution >= 4 is 21.3 Å². The van der Waals surface area contributed by atoms with Gasteiger partial charge in [0.2, 0.25) is 0 Å². The molecule has 0 amide bonds. The molecule has 4 nitrogen and oxygen atoms in total. The van der Waals surface area contributed by atoms with Crippen molar-refractivity contribution in [1.29, 1.82) is 0 Å². The first-order chi connectivity index (χ1) is 9.43. The summed E-state index contributed by atoms with van der Waals surface area (Å²) in [5, 5.41) is 0. The number of Topliss-reactive ketones (excluding diaryl/α,β-unsaturated/α-hetero) is 1. The fourth-order valence-electron chi connectivity index (χ4n) is 2.52. The van der Waals surface area contributed by atoms with Crippen LogP contribution in [0.3, 0.4) is 0 Å². The number of benzene rings is 1. The van der Waals surface area contributed by atoms with Crippen molar-refractivity contribution in [3.8, 4) is 0 Å². The van der Waals surface area contributed by atoms with Gasteiger partial charge in [0, 0.05) is 30.1 Å². The molecule has 0 N–H and O–H groups in total. The summed E-state index contributed by atoms with van der Waals surface area (Å²) < 4.78 is 23.3. The minimum absolute atomic E-state index is 0.0680. The predicted octanol–water partition coefficient (Wildman–Crippen LogP) is 2.08. The lowest BCUT2D eigenvalue weighted by Crippen LogP contribution is -2.34. The van der Waals surface area contributed by atoms with Crippen LogP contribution in [0.15, 0.2) is 18.2 Å².